The maximum Gasteiger partial charge on any atom is 0.138 e. The van der Waals surface area contributed by atoms with Gasteiger partial charge in [0.25, 0.3) is 0 Å². The number of aliphatic hydroxyl groups is 1. The van der Waals surface area contributed by atoms with E-state index in [-0.39, 0.29) is 6.61 Å². The Labute approximate surface area is 118 Å². The number of nitrogens with zero attached hydrogens (tertiary/aromatic N) is 2. The van der Waals surface area contributed by atoms with E-state index in [9.17, 15) is 0 Å². The number of hydrogen-bond acceptors (Lipinski definition) is 4. The van der Waals surface area contributed by atoms with Crippen LogP contribution in [0, 0.1) is 11.8 Å². The van der Waals surface area contributed by atoms with Crippen LogP contribution >= 0.6 is 0 Å². The van der Waals surface area contributed by atoms with E-state index in [1.165, 1.54) is 0 Å². The van der Waals surface area contributed by atoms with E-state index in [1.807, 2.05) is 24.4 Å². The molecule has 0 atom stereocenters. The van der Waals surface area contributed by atoms with Crippen molar-refractivity contribution in [2.45, 2.75) is 12.8 Å². The molecule has 4 heteroatoms. The molecular weight excluding hydrogens is 252 g/mol. The van der Waals surface area contributed by atoms with Gasteiger partial charge in [-0.05, 0) is 17.7 Å². The second-order valence-corrected chi connectivity index (χ2v) is 4.14. The fourth-order valence-corrected chi connectivity index (χ4v) is 1.62. The van der Waals surface area contributed by atoms with Gasteiger partial charge < -0.3 is 9.84 Å². The standard InChI is InChI=1S/C16H16N2O2/c19-8-2-1-4-15-10-16(13-18-12-15)20-9-6-14-5-3-7-17-11-14/h3,5,7,10-13,19H,2,6,8-9H2. The van der Waals surface area contributed by atoms with E-state index in [1.54, 1.807) is 18.6 Å². The third-order valence-electron chi connectivity index (χ3n) is 2.56. The van der Waals surface area contributed by atoms with Crippen LogP contribution in [0.15, 0.2) is 43.0 Å². The van der Waals surface area contributed by atoms with Crippen LogP contribution in [-0.2, 0) is 6.42 Å². The van der Waals surface area contributed by atoms with E-state index < -0.39 is 0 Å². The Bertz CT molecular complexity index is 588. The zero-order valence-electron chi connectivity index (χ0n) is 11.1. The minimum Gasteiger partial charge on any atom is -0.492 e. The molecule has 0 aliphatic carbocycles. The van der Waals surface area contributed by atoms with Gasteiger partial charge in [-0.15, -0.1) is 0 Å². The summed E-state index contributed by atoms with van der Waals surface area (Å²) in [6, 6.07) is 5.78. The van der Waals surface area contributed by atoms with Gasteiger partial charge in [-0.3, -0.25) is 9.97 Å². The molecule has 0 aliphatic heterocycles. The number of pyridine rings is 2. The number of aliphatic hydroxyl groups excluding tert-OH is 1. The topological polar surface area (TPSA) is 55.2 Å². The third kappa shape index (κ3) is 4.71. The lowest BCUT2D eigenvalue weighted by molar-refractivity contribution is 0.305. The van der Waals surface area contributed by atoms with Gasteiger partial charge in [-0.25, -0.2) is 0 Å². The number of ether oxygens (including phenoxy) is 1. The molecule has 2 aromatic heterocycles. The van der Waals surface area contributed by atoms with Crippen molar-refractivity contribution in [3.63, 3.8) is 0 Å². The Kier molecular flexibility index (Phi) is 5.56. The normalized spacial score (nSPS) is 9.65. The molecule has 0 spiro atoms. The molecule has 0 radical (unpaired) electrons. The highest BCUT2D eigenvalue weighted by Gasteiger charge is 1.97. The van der Waals surface area contributed by atoms with E-state index in [0.29, 0.717) is 18.8 Å². The molecule has 102 valence electrons. The molecule has 0 saturated carbocycles. The molecule has 0 aliphatic rings. The Morgan fingerprint density at radius 3 is 2.95 bits per heavy atom. The van der Waals surface area contributed by atoms with E-state index in [0.717, 1.165) is 17.5 Å². The lowest BCUT2D eigenvalue weighted by Crippen LogP contribution is -2.02. The Morgan fingerprint density at radius 2 is 2.15 bits per heavy atom. The van der Waals surface area contributed by atoms with Crippen molar-refractivity contribution in [1.29, 1.82) is 0 Å². The fraction of sp³-hybridized carbons (Fsp3) is 0.250. The average Bonchev–Trinajstić information content (AvgIpc) is 2.49. The van der Waals surface area contributed by atoms with Gasteiger partial charge >= 0.3 is 0 Å². The molecule has 2 heterocycles. The maximum atomic E-state index is 8.68. The summed E-state index contributed by atoms with van der Waals surface area (Å²) in [5, 5.41) is 8.68. The average molecular weight is 268 g/mol. The second kappa shape index (κ2) is 7.93. The van der Waals surface area contributed by atoms with Crippen LogP contribution in [-0.4, -0.2) is 28.3 Å². The highest BCUT2D eigenvalue weighted by atomic mass is 16.5. The molecule has 2 rings (SSSR count). The molecule has 0 fully saturated rings. The first-order chi connectivity index (χ1) is 9.88. The van der Waals surface area contributed by atoms with E-state index in [4.69, 9.17) is 9.84 Å². The summed E-state index contributed by atoms with van der Waals surface area (Å²) >= 11 is 0. The van der Waals surface area contributed by atoms with Gasteiger partial charge in [0.15, 0.2) is 0 Å². The van der Waals surface area contributed by atoms with Crippen LogP contribution in [0.1, 0.15) is 17.5 Å². The first kappa shape index (κ1) is 14.0. The van der Waals surface area contributed by atoms with E-state index in [2.05, 4.69) is 21.8 Å². The first-order valence-electron chi connectivity index (χ1n) is 6.45. The van der Waals surface area contributed by atoms with Gasteiger partial charge in [0.2, 0.25) is 0 Å². The highest BCUT2D eigenvalue weighted by molar-refractivity contribution is 5.36. The maximum absolute atomic E-state index is 8.68. The lowest BCUT2D eigenvalue weighted by atomic mass is 10.2. The van der Waals surface area contributed by atoms with Crippen molar-refractivity contribution in [3.8, 4) is 17.6 Å². The monoisotopic (exact) mass is 268 g/mol. The molecule has 0 amide bonds. The summed E-state index contributed by atoms with van der Waals surface area (Å²) in [7, 11) is 0. The molecule has 0 unspecified atom stereocenters. The van der Waals surface area contributed by atoms with E-state index >= 15 is 0 Å². The van der Waals surface area contributed by atoms with Crippen molar-refractivity contribution in [3.05, 3.63) is 54.1 Å². The van der Waals surface area contributed by atoms with Crippen LogP contribution in [0.25, 0.3) is 0 Å². The van der Waals surface area contributed by atoms with Crippen LogP contribution in [0.5, 0.6) is 5.75 Å². The molecule has 0 aromatic carbocycles. The molecular formula is C16H16N2O2. The van der Waals surface area contributed by atoms with Crippen LogP contribution in [0.4, 0.5) is 0 Å². The Hall–Kier alpha value is -2.38. The molecule has 2 aromatic rings. The predicted octanol–water partition coefficient (Wildman–Crippen LogP) is 1.83. The minimum atomic E-state index is 0.0712. The van der Waals surface area contributed by atoms with Crippen molar-refractivity contribution in [2.24, 2.45) is 0 Å². The fourth-order valence-electron chi connectivity index (χ4n) is 1.62. The van der Waals surface area contributed by atoms with Crippen molar-refractivity contribution < 1.29 is 9.84 Å². The summed E-state index contributed by atoms with van der Waals surface area (Å²) in [4.78, 5) is 8.15. The van der Waals surface area contributed by atoms with Crippen molar-refractivity contribution in [1.82, 2.24) is 9.97 Å². The van der Waals surface area contributed by atoms with Gasteiger partial charge in [0, 0.05) is 37.0 Å². The largest absolute Gasteiger partial charge is 0.492 e. The van der Waals surface area contributed by atoms with Crippen LogP contribution in [0.3, 0.4) is 0 Å². The Balaban J connectivity index is 1.87. The SMILES string of the molecule is OCCC#Cc1cncc(OCCc2cccnc2)c1. The summed E-state index contributed by atoms with van der Waals surface area (Å²) in [5.41, 5.74) is 1.93. The summed E-state index contributed by atoms with van der Waals surface area (Å²) < 4.78 is 5.65. The molecule has 1 N–H and O–H groups in total. The van der Waals surface area contributed by atoms with Crippen molar-refractivity contribution in [2.75, 3.05) is 13.2 Å². The number of hydrogen-bond donors (Lipinski definition) is 1. The van der Waals surface area contributed by atoms with Crippen molar-refractivity contribution >= 4 is 0 Å². The van der Waals surface area contributed by atoms with Gasteiger partial charge in [0.05, 0.1) is 19.4 Å². The Morgan fingerprint density at radius 1 is 1.20 bits per heavy atom. The number of aromatic nitrogens is 2. The smallest absolute Gasteiger partial charge is 0.138 e. The summed E-state index contributed by atoms with van der Waals surface area (Å²) in [6.07, 6.45) is 8.19. The highest BCUT2D eigenvalue weighted by Crippen LogP contribution is 2.11. The van der Waals surface area contributed by atoms with Gasteiger partial charge in [0.1, 0.15) is 5.75 Å². The van der Waals surface area contributed by atoms with Gasteiger partial charge in [-0.1, -0.05) is 17.9 Å². The molecule has 0 bridgehead atoms. The first-order valence-corrected chi connectivity index (χ1v) is 6.45. The molecule has 20 heavy (non-hydrogen) atoms. The van der Waals surface area contributed by atoms with Crippen LogP contribution < -0.4 is 4.74 Å². The third-order valence-corrected chi connectivity index (χ3v) is 2.56. The molecule has 0 saturated heterocycles. The zero-order chi connectivity index (χ0) is 14.0. The van der Waals surface area contributed by atoms with Crippen LogP contribution in [0.2, 0.25) is 0 Å². The molecule has 4 nitrogen and oxygen atoms in total. The summed E-state index contributed by atoms with van der Waals surface area (Å²) in [6.45, 7) is 0.641. The quantitative estimate of drug-likeness (QED) is 0.841. The lowest BCUT2D eigenvalue weighted by Gasteiger charge is -2.05. The second-order valence-electron chi connectivity index (χ2n) is 4.14. The predicted molar refractivity (Wildman–Crippen MR) is 76.3 cm³/mol. The zero-order valence-corrected chi connectivity index (χ0v) is 11.1. The summed E-state index contributed by atoms with van der Waals surface area (Å²) in [5.74, 6) is 6.49. The van der Waals surface area contributed by atoms with Gasteiger partial charge in [-0.2, -0.15) is 0 Å². The number of rotatable bonds is 5. The minimum absolute atomic E-state index is 0.0712.